The van der Waals surface area contributed by atoms with Gasteiger partial charge in [0.05, 0.1) is 6.61 Å². The van der Waals surface area contributed by atoms with E-state index in [0.29, 0.717) is 24.6 Å². The first-order valence-corrected chi connectivity index (χ1v) is 7.41. The van der Waals surface area contributed by atoms with Gasteiger partial charge in [0, 0.05) is 25.3 Å². The van der Waals surface area contributed by atoms with Gasteiger partial charge in [0.1, 0.15) is 10.3 Å². The quantitative estimate of drug-likeness (QED) is 0.756. The van der Waals surface area contributed by atoms with Gasteiger partial charge >= 0.3 is 0 Å². The Kier molecular flexibility index (Phi) is 5.24. The summed E-state index contributed by atoms with van der Waals surface area (Å²) in [5.74, 6) is 0.510. The minimum absolute atomic E-state index is 0.0762. The van der Waals surface area contributed by atoms with Crippen LogP contribution in [0, 0.1) is 5.92 Å². The fraction of sp³-hybridized carbons (Fsp3) is 0.571. The number of hydrogen-bond donors (Lipinski definition) is 0. The van der Waals surface area contributed by atoms with E-state index in [1.807, 2.05) is 4.90 Å². The zero-order valence-electron chi connectivity index (χ0n) is 11.6. The van der Waals surface area contributed by atoms with Crippen LogP contribution in [0.25, 0.3) is 0 Å². The Morgan fingerprint density at radius 2 is 2.05 bits per heavy atom. The predicted octanol–water partition coefficient (Wildman–Crippen LogP) is 3.28. The van der Waals surface area contributed by atoms with Crippen LogP contribution < -0.4 is 0 Å². The third-order valence-electron chi connectivity index (χ3n) is 3.60. The number of carbonyl (C=O) groups excluding carboxylic acids is 1. The van der Waals surface area contributed by atoms with Crippen molar-refractivity contribution in [2.75, 3.05) is 20.3 Å². The van der Waals surface area contributed by atoms with Gasteiger partial charge in [-0.25, -0.2) is 4.98 Å². The number of ether oxygens (including phenoxy) is 1. The molecule has 1 aliphatic rings. The van der Waals surface area contributed by atoms with E-state index in [0.717, 1.165) is 0 Å². The molecule has 1 saturated carbocycles. The van der Waals surface area contributed by atoms with Crippen LogP contribution in [0.1, 0.15) is 30.1 Å². The maximum Gasteiger partial charge on any atom is 0.254 e. The van der Waals surface area contributed by atoms with Crippen molar-refractivity contribution in [2.45, 2.75) is 25.8 Å². The summed E-state index contributed by atoms with van der Waals surface area (Å²) in [5.41, 5.74) is 0.471. The Morgan fingerprint density at radius 3 is 2.55 bits per heavy atom. The van der Waals surface area contributed by atoms with Crippen molar-refractivity contribution in [1.29, 1.82) is 0 Å². The number of amides is 1. The van der Waals surface area contributed by atoms with Crippen LogP contribution in [-0.4, -0.2) is 42.1 Å². The van der Waals surface area contributed by atoms with E-state index in [4.69, 9.17) is 27.9 Å². The molecular formula is C14H18Cl2N2O2. The summed E-state index contributed by atoms with van der Waals surface area (Å²) in [7, 11) is 1.63. The van der Waals surface area contributed by atoms with Gasteiger partial charge in [0.2, 0.25) is 0 Å². The molecule has 1 aromatic rings. The second-order valence-electron chi connectivity index (χ2n) is 5.07. The van der Waals surface area contributed by atoms with Crippen LogP contribution >= 0.6 is 23.2 Å². The Labute approximate surface area is 129 Å². The molecule has 1 amide bonds. The topological polar surface area (TPSA) is 42.4 Å². The summed E-state index contributed by atoms with van der Waals surface area (Å²) in [4.78, 5) is 18.4. The normalized spacial score (nSPS) is 16.0. The van der Waals surface area contributed by atoms with Gasteiger partial charge in [-0.05, 0) is 37.8 Å². The monoisotopic (exact) mass is 316 g/mol. The Bertz CT molecular complexity index is 472. The van der Waals surface area contributed by atoms with E-state index in [2.05, 4.69) is 11.9 Å². The molecular weight excluding hydrogens is 299 g/mol. The van der Waals surface area contributed by atoms with Crippen LogP contribution in [0.15, 0.2) is 12.1 Å². The second-order valence-corrected chi connectivity index (χ2v) is 5.85. The highest BCUT2D eigenvalue weighted by molar-refractivity contribution is 6.33. The first-order valence-electron chi connectivity index (χ1n) is 6.66. The molecule has 0 N–H and O–H groups in total. The number of carbonyl (C=O) groups is 1. The third-order valence-corrected chi connectivity index (χ3v) is 3.99. The molecule has 1 fully saturated rings. The van der Waals surface area contributed by atoms with Crippen LogP contribution in [0.2, 0.25) is 10.3 Å². The molecule has 1 unspecified atom stereocenters. The van der Waals surface area contributed by atoms with E-state index in [9.17, 15) is 4.79 Å². The molecule has 1 heterocycles. The first kappa shape index (κ1) is 15.5. The molecule has 1 atom stereocenters. The average Bonchev–Trinajstić information content (AvgIpc) is 3.21. The lowest BCUT2D eigenvalue weighted by Crippen LogP contribution is -2.42. The average molecular weight is 317 g/mol. The van der Waals surface area contributed by atoms with Crippen LogP contribution in [0.5, 0.6) is 0 Å². The maximum absolute atomic E-state index is 12.7. The van der Waals surface area contributed by atoms with Gasteiger partial charge in [-0.1, -0.05) is 23.2 Å². The first-order chi connectivity index (χ1) is 9.52. The Balaban J connectivity index is 2.19. The molecule has 1 aromatic heterocycles. The summed E-state index contributed by atoms with van der Waals surface area (Å²) < 4.78 is 5.10. The second kappa shape index (κ2) is 6.74. The van der Waals surface area contributed by atoms with Gasteiger partial charge < -0.3 is 9.64 Å². The lowest BCUT2D eigenvalue weighted by atomic mass is 10.1. The fourth-order valence-electron chi connectivity index (χ4n) is 2.27. The molecule has 20 heavy (non-hydrogen) atoms. The van der Waals surface area contributed by atoms with Gasteiger partial charge in [-0.15, -0.1) is 0 Å². The van der Waals surface area contributed by atoms with Crippen molar-refractivity contribution in [2.24, 2.45) is 5.92 Å². The molecule has 110 valence electrons. The van der Waals surface area contributed by atoms with E-state index in [-0.39, 0.29) is 22.3 Å². The maximum atomic E-state index is 12.7. The number of aromatic nitrogens is 1. The minimum atomic E-state index is -0.0762. The van der Waals surface area contributed by atoms with E-state index >= 15 is 0 Å². The van der Waals surface area contributed by atoms with E-state index in [1.54, 1.807) is 19.2 Å². The van der Waals surface area contributed by atoms with Crippen molar-refractivity contribution in [3.05, 3.63) is 28.0 Å². The lowest BCUT2D eigenvalue weighted by molar-refractivity contribution is 0.0594. The summed E-state index contributed by atoms with van der Waals surface area (Å²) >= 11 is 11.7. The summed E-state index contributed by atoms with van der Waals surface area (Å²) in [5, 5.41) is 0.457. The molecule has 0 aliphatic heterocycles. The number of hydrogen-bond acceptors (Lipinski definition) is 3. The van der Waals surface area contributed by atoms with Gasteiger partial charge in [0.15, 0.2) is 0 Å². The largest absolute Gasteiger partial charge is 0.383 e. The molecule has 0 radical (unpaired) electrons. The summed E-state index contributed by atoms with van der Waals surface area (Å²) in [6.45, 7) is 3.15. The molecule has 4 nitrogen and oxygen atoms in total. The van der Waals surface area contributed by atoms with Crippen molar-refractivity contribution in [1.82, 2.24) is 9.88 Å². The van der Waals surface area contributed by atoms with Crippen molar-refractivity contribution in [3.63, 3.8) is 0 Å². The Hall–Kier alpha value is -0.840. The predicted molar refractivity (Wildman–Crippen MR) is 79.4 cm³/mol. The third kappa shape index (κ3) is 3.84. The molecule has 2 rings (SSSR count). The van der Waals surface area contributed by atoms with Gasteiger partial charge in [0.25, 0.3) is 5.91 Å². The van der Waals surface area contributed by atoms with E-state index in [1.165, 1.54) is 12.8 Å². The zero-order valence-corrected chi connectivity index (χ0v) is 13.1. The number of pyridine rings is 1. The number of rotatable bonds is 6. The summed E-state index contributed by atoms with van der Waals surface area (Å²) in [6.07, 6.45) is 2.35. The number of halogens is 2. The van der Waals surface area contributed by atoms with E-state index < -0.39 is 0 Å². The van der Waals surface area contributed by atoms with Gasteiger partial charge in [-0.2, -0.15) is 0 Å². The lowest BCUT2D eigenvalue weighted by Gasteiger charge is -2.29. The highest BCUT2D eigenvalue weighted by Crippen LogP contribution is 2.35. The van der Waals surface area contributed by atoms with Crippen LogP contribution in [0.4, 0.5) is 0 Å². The fourth-order valence-corrected chi connectivity index (χ4v) is 2.73. The molecule has 0 bridgehead atoms. The highest BCUT2D eigenvalue weighted by Gasteiger charge is 2.34. The summed E-state index contributed by atoms with van der Waals surface area (Å²) in [6, 6.07) is 3.30. The SMILES string of the molecule is COCCN(C(=O)c1cc(Cl)nc(Cl)c1)C(C)C1CC1. The van der Waals surface area contributed by atoms with Gasteiger partial charge in [-0.3, -0.25) is 4.79 Å². The Morgan fingerprint density at radius 1 is 1.45 bits per heavy atom. The van der Waals surface area contributed by atoms with Crippen molar-refractivity contribution < 1.29 is 9.53 Å². The van der Waals surface area contributed by atoms with Crippen LogP contribution in [0.3, 0.4) is 0 Å². The standard InChI is InChI=1S/C14H18Cl2N2O2/c1-9(10-3-4-10)18(5-6-20-2)14(19)11-7-12(15)17-13(16)8-11/h7-10H,3-6H2,1-2H3. The molecule has 6 heteroatoms. The molecule has 0 saturated heterocycles. The van der Waals surface area contributed by atoms with Crippen molar-refractivity contribution in [3.8, 4) is 0 Å². The highest BCUT2D eigenvalue weighted by atomic mass is 35.5. The number of methoxy groups -OCH3 is 1. The number of nitrogens with zero attached hydrogens (tertiary/aromatic N) is 2. The van der Waals surface area contributed by atoms with Crippen LogP contribution in [-0.2, 0) is 4.74 Å². The zero-order chi connectivity index (χ0) is 14.7. The molecule has 1 aliphatic carbocycles. The smallest absolute Gasteiger partial charge is 0.254 e. The molecule has 0 aromatic carbocycles. The van der Waals surface area contributed by atoms with Crippen molar-refractivity contribution >= 4 is 29.1 Å². The molecule has 0 spiro atoms. The minimum Gasteiger partial charge on any atom is -0.383 e.